The number of benzene rings is 2. The zero-order chi connectivity index (χ0) is 30.1. The van der Waals surface area contributed by atoms with Gasteiger partial charge in [-0.1, -0.05) is 23.2 Å². The van der Waals surface area contributed by atoms with E-state index in [-0.39, 0.29) is 27.2 Å². The third-order valence-corrected chi connectivity index (χ3v) is 6.96. The van der Waals surface area contributed by atoms with Gasteiger partial charge in [-0.3, -0.25) is 14.2 Å². The Bertz CT molecular complexity index is 1530. The molecule has 2 heterocycles. The summed E-state index contributed by atoms with van der Waals surface area (Å²) in [6.45, 7) is 5.76. The highest BCUT2D eigenvalue weighted by Crippen LogP contribution is 2.35. The van der Waals surface area contributed by atoms with E-state index in [1.165, 1.54) is 25.3 Å². The Balaban J connectivity index is 1.67. The minimum atomic E-state index is -0.917. The molecule has 1 fully saturated rings. The van der Waals surface area contributed by atoms with E-state index in [2.05, 4.69) is 10.3 Å². The van der Waals surface area contributed by atoms with Crippen molar-refractivity contribution >= 4 is 46.7 Å². The number of amides is 2. The molecule has 2 aromatic carbocycles. The molecule has 0 spiro atoms. The van der Waals surface area contributed by atoms with Crippen LogP contribution in [0.4, 0.5) is 20.7 Å². The second-order valence-corrected chi connectivity index (χ2v) is 11.3. The number of methoxy groups -OCH3 is 1. The van der Waals surface area contributed by atoms with Crippen molar-refractivity contribution in [2.45, 2.75) is 51.7 Å². The van der Waals surface area contributed by atoms with Gasteiger partial charge in [0.1, 0.15) is 34.9 Å². The highest BCUT2D eigenvalue weighted by Gasteiger charge is 2.32. The van der Waals surface area contributed by atoms with Crippen molar-refractivity contribution in [1.82, 2.24) is 14.5 Å². The van der Waals surface area contributed by atoms with E-state index in [1.807, 2.05) is 0 Å². The molecule has 3 N–H and O–H groups in total. The minimum absolute atomic E-state index is 0.0643. The van der Waals surface area contributed by atoms with Gasteiger partial charge in [-0.25, -0.2) is 14.2 Å². The fourth-order valence-electron chi connectivity index (χ4n) is 4.62. The molecule has 1 saturated heterocycles. The normalized spacial score (nSPS) is 15.4. The first-order chi connectivity index (χ1) is 19.3. The van der Waals surface area contributed by atoms with Gasteiger partial charge in [-0.05, 0) is 63.8 Å². The van der Waals surface area contributed by atoms with Crippen LogP contribution in [0.1, 0.15) is 62.0 Å². The zero-order valence-corrected chi connectivity index (χ0v) is 24.5. The molecular weight excluding hydrogens is 576 g/mol. The number of likely N-dealkylation sites (tertiary alicyclic amines) is 1. The first-order valence-electron chi connectivity index (χ1n) is 12.8. The Hall–Kier alpha value is -3.83. The van der Waals surface area contributed by atoms with Gasteiger partial charge in [0.05, 0.1) is 28.9 Å². The van der Waals surface area contributed by atoms with E-state index >= 15 is 0 Å². The Morgan fingerprint density at radius 1 is 1.12 bits per heavy atom. The Labute approximate surface area is 246 Å². The summed E-state index contributed by atoms with van der Waals surface area (Å²) in [6.07, 6.45) is 2.78. The minimum Gasteiger partial charge on any atom is -0.497 e. The molecule has 0 radical (unpaired) electrons. The van der Waals surface area contributed by atoms with Crippen LogP contribution in [-0.4, -0.2) is 45.7 Å². The average molecular weight is 606 g/mol. The van der Waals surface area contributed by atoms with Gasteiger partial charge in [-0.2, -0.15) is 0 Å². The van der Waals surface area contributed by atoms with E-state index in [0.29, 0.717) is 24.3 Å². The molecule has 2 amide bonds. The number of anilines is 2. The summed E-state index contributed by atoms with van der Waals surface area (Å²) in [4.78, 5) is 45.1. The highest BCUT2D eigenvalue weighted by atomic mass is 35.5. The zero-order valence-electron chi connectivity index (χ0n) is 23.0. The second-order valence-electron chi connectivity index (χ2n) is 10.5. The Morgan fingerprint density at radius 2 is 1.80 bits per heavy atom. The molecule has 1 atom stereocenters. The van der Waals surface area contributed by atoms with Crippen LogP contribution in [0.25, 0.3) is 5.69 Å². The van der Waals surface area contributed by atoms with Gasteiger partial charge in [0.25, 0.3) is 11.5 Å². The lowest BCUT2D eigenvalue weighted by Crippen LogP contribution is -2.41. The van der Waals surface area contributed by atoms with Gasteiger partial charge in [0.15, 0.2) is 0 Å². The summed E-state index contributed by atoms with van der Waals surface area (Å²) in [5, 5.41) is 2.69. The molecule has 1 unspecified atom stereocenters. The van der Waals surface area contributed by atoms with Crippen LogP contribution in [0.2, 0.25) is 10.0 Å². The van der Waals surface area contributed by atoms with Crippen LogP contribution < -0.4 is 21.3 Å². The van der Waals surface area contributed by atoms with Crippen molar-refractivity contribution in [3.63, 3.8) is 0 Å². The monoisotopic (exact) mass is 605 g/mol. The predicted octanol–water partition coefficient (Wildman–Crippen LogP) is 5.98. The predicted molar refractivity (Wildman–Crippen MR) is 155 cm³/mol. The maximum absolute atomic E-state index is 14.8. The summed E-state index contributed by atoms with van der Waals surface area (Å²) < 4.78 is 26.5. The lowest BCUT2D eigenvalue weighted by molar-refractivity contribution is 0.00946. The van der Waals surface area contributed by atoms with Gasteiger partial charge in [0.2, 0.25) is 0 Å². The van der Waals surface area contributed by atoms with Gasteiger partial charge in [0, 0.05) is 24.4 Å². The van der Waals surface area contributed by atoms with Crippen LogP contribution in [0, 0.1) is 5.82 Å². The standard InChI is InChI=1S/C28H30Cl2FN5O5/c1-28(2,3)41-27(39)35-8-6-5-7-21(35)15-9-16(31)11-17(10-15)34-25(37)22-24(32)33-14-36(26(22)38)23-19(29)12-18(40-4)13-20(23)30/h9-14,21H,5-8,32H2,1-4H3,(H,34,37). The smallest absolute Gasteiger partial charge is 0.410 e. The number of hydrogen-bond donors (Lipinski definition) is 2. The van der Waals surface area contributed by atoms with Crippen molar-refractivity contribution in [3.05, 3.63) is 74.0 Å². The summed E-state index contributed by atoms with van der Waals surface area (Å²) >= 11 is 12.7. The van der Waals surface area contributed by atoms with Gasteiger partial charge in [-0.15, -0.1) is 0 Å². The van der Waals surface area contributed by atoms with Crippen molar-refractivity contribution in [3.8, 4) is 11.4 Å². The fraction of sp³-hybridized carbons (Fsp3) is 0.357. The molecule has 0 bridgehead atoms. The fourth-order valence-corrected chi connectivity index (χ4v) is 5.27. The maximum Gasteiger partial charge on any atom is 0.410 e. The van der Waals surface area contributed by atoms with Crippen LogP contribution in [0.5, 0.6) is 5.75 Å². The summed E-state index contributed by atoms with van der Waals surface area (Å²) in [7, 11) is 1.43. The Kier molecular flexibility index (Phi) is 8.79. The SMILES string of the molecule is COc1cc(Cl)c(-n2cnc(N)c(C(=O)Nc3cc(F)cc(C4CCCCN4C(=O)OC(C)(C)C)c3)c2=O)c(Cl)c1. The van der Waals surface area contributed by atoms with Crippen molar-refractivity contribution in [1.29, 1.82) is 0 Å². The topological polar surface area (TPSA) is 129 Å². The number of nitrogens with one attached hydrogen (secondary N) is 1. The third-order valence-electron chi connectivity index (χ3n) is 6.39. The number of ether oxygens (including phenoxy) is 2. The molecule has 4 rings (SSSR count). The quantitative estimate of drug-likeness (QED) is 0.366. The number of carbonyl (C=O) groups excluding carboxylic acids is 2. The summed E-state index contributed by atoms with van der Waals surface area (Å²) in [5.41, 5.74) is 4.50. The number of halogens is 3. The molecule has 13 heteroatoms. The first-order valence-corrected chi connectivity index (χ1v) is 13.6. The molecule has 41 heavy (non-hydrogen) atoms. The lowest BCUT2D eigenvalue weighted by Gasteiger charge is -2.37. The van der Waals surface area contributed by atoms with Gasteiger partial charge < -0.3 is 25.4 Å². The van der Waals surface area contributed by atoms with E-state index in [4.69, 9.17) is 38.4 Å². The van der Waals surface area contributed by atoms with Crippen LogP contribution in [-0.2, 0) is 4.74 Å². The largest absolute Gasteiger partial charge is 0.497 e. The number of carbonyl (C=O) groups is 2. The number of nitrogens with two attached hydrogens (primary N) is 1. The molecule has 1 aliphatic heterocycles. The number of aromatic nitrogens is 2. The number of piperidine rings is 1. The molecule has 0 saturated carbocycles. The van der Waals surface area contributed by atoms with Crippen LogP contribution >= 0.6 is 23.2 Å². The van der Waals surface area contributed by atoms with E-state index < -0.39 is 40.6 Å². The van der Waals surface area contributed by atoms with Gasteiger partial charge >= 0.3 is 6.09 Å². The lowest BCUT2D eigenvalue weighted by atomic mass is 9.95. The molecule has 1 aromatic heterocycles. The van der Waals surface area contributed by atoms with E-state index in [0.717, 1.165) is 29.8 Å². The first kappa shape index (κ1) is 30.1. The third kappa shape index (κ3) is 6.74. The number of hydrogen-bond acceptors (Lipinski definition) is 7. The Morgan fingerprint density at radius 3 is 2.44 bits per heavy atom. The molecule has 1 aliphatic rings. The average Bonchev–Trinajstić information content (AvgIpc) is 2.88. The number of rotatable bonds is 5. The molecule has 0 aliphatic carbocycles. The van der Waals surface area contributed by atoms with Crippen LogP contribution in [0.3, 0.4) is 0 Å². The van der Waals surface area contributed by atoms with Crippen molar-refractivity contribution < 1.29 is 23.5 Å². The molecule has 3 aromatic rings. The van der Waals surface area contributed by atoms with Crippen LogP contribution in [0.15, 0.2) is 41.5 Å². The number of nitrogens with zero attached hydrogens (tertiary/aromatic N) is 3. The summed E-state index contributed by atoms with van der Waals surface area (Å²) in [5.74, 6) is -1.53. The maximum atomic E-state index is 14.8. The molecular formula is C28H30Cl2FN5O5. The highest BCUT2D eigenvalue weighted by molar-refractivity contribution is 6.38. The second kappa shape index (κ2) is 12.0. The molecule has 10 nitrogen and oxygen atoms in total. The van der Waals surface area contributed by atoms with E-state index in [1.54, 1.807) is 31.7 Å². The number of nitrogen functional groups attached to an aromatic ring is 1. The van der Waals surface area contributed by atoms with E-state index in [9.17, 15) is 18.8 Å². The molecule has 218 valence electrons. The van der Waals surface area contributed by atoms with Crippen molar-refractivity contribution in [2.75, 3.05) is 24.7 Å². The van der Waals surface area contributed by atoms with Crippen molar-refractivity contribution in [2.24, 2.45) is 0 Å². The summed E-state index contributed by atoms with van der Waals surface area (Å²) in [6, 6.07) is 6.39.